The molecule has 9 heterocycles. The molecule has 1 N–H and O–H groups in total. The Balaban J connectivity index is 0.000000218. The number of pyridine rings is 6. The predicted octanol–water partition coefficient (Wildman–Crippen LogP) is 12.2. The number of methoxy groups -OCH3 is 2. The number of aryl methyl sites for hydroxylation is 2. The highest BCUT2D eigenvalue weighted by molar-refractivity contribution is 5.99. The Morgan fingerprint density at radius 1 is 0.644 bits per heavy atom. The van der Waals surface area contributed by atoms with Crippen molar-refractivity contribution >= 4 is 51.3 Å². The first-order valence-electron chi connectivity index (χ1n) is 32.9. The van der Waals surface area contributed by atoms with Gasteiger partial charge in [-0.2, -0.15) is 0 Å². The summed E-state index contributed by atoms with van der Waals surface area (Å²) in [6.07, 6.45) is 2.10. The number of nitrogens with zero attached hydrogens (tertiary/aromatic N) is 11. The summed E-state index contributed by atoms with van der Waals surface area (Å²) in [7, 11) is 2.78. The third kappa shape index (κ3) is 14.5. The number of aliphatic hydroxyl groups excluding tert-OH is 1. The fourth-order valence-electron chi connectivity index (χ4n) is 12.9. The van der Waals surface area contributed by atoms with Gasteiger partial charge in [0.05, 0.1) is 68.6 Å². The number of carbonyl (C=O) groups excluding carboxylic acids is 2. The van der Waals surface area contributed by atoms with Gasteiger partial charge < -0.3 is 57.9 Å². The highest BCUT2D eigenvalue weighted by atomic mass is 19.1. The van der Waals surface area contributed by atoms with Crippen molar-refractivity contribution in [3.63, 3.8) is 0 Å². The molecule has 538 valence electrons. The number of hydrogen-bond donors (Lipinski definition) is 1. The highest BCUT2D eigenvalue weighted by Gasteiger charge is 2.45. The molecule has 0 spiro atoms. The van der Waals surface area contributed by atoms with Crippen molar-refractivity contribution in [2.45, 2.75) is 144 Å². The van der Waals surface area contributed by atoms with E-state index in [9.17, 15) is 34.4 Å². The first-order valence-corrected chi connectivity index (χ1v) is 32.9. The van der Waals surface area contributed by atoms with Crippen LogP contribution >= 0.6 is 0 Å². The van der Waals surface area contributed by atoms with Crippen LogP contribution in [-0.4, -0.2) is 164 Å². The summed E-state index contributed by atoms with van der Waals surface area (Å²) in [5.74, 6) is -3.98. The number of piperazine rings is 2. The molecule has 0 unspecified atom stereocenters. The minimum Gasteiger partial charge on any atom is -0.484 e. The Bertz CT molecular complexity index is 4650. The predicted molar refractivity (Wildman–Crippen MR) is 370 cm³/mol. The molecular weight excluding hydrogens is 1320 g/mol. The number of hydrogen-bond acceptors (Lipinski definition) is 20. The SMILES string of the molecule is COCOc1cccc(F)c1-c1nc2c(cc1F)c(N1C[C@@H](C)N(C(=O)OC(C)(C)C)C[C@@H]1CO)c([N+](=O)[O-])c(=O)n2-c1c(C)ccnc1C(C)C.COCOc1cccc(F)c1-c1nc2c(cc1F)c1c(c(=O)n2-c2c(C)ccnc2C(C)C)OC[C@H]2CN(C(=O)OC(C)(C)C)[C@H](C)CN12. The summed E-state index contributed by atoms with van der Waals surface area (Å²) in [5.41, 5.74) is -2.64. The molecule has 3 aliphatic rings. The average molecular weight is 1400 g/mol. The number of nitro groups is 1. The van der Waals surface area contributed by atoms with Crippen molar-refractivity contribution in [1.29, 1.82) is 0 Å². The molecule has 101 heavy (non-hydrogen) atoms. The second kappa shape index (κ2) is 29.3. The molecule has 0 aliphatic carbocycles. The van der Waals surface area contributed by atoms with Crippen molar-refractivity contribution in [2.75, 3.05) is 77.0 Å². The molecule has 6 aromatic heterocycles. The normalized spacial score (nSPS) is 17.0. The molecule has 2 saturated heterocycles. The van der Waals surface area contributed by atoms with E-state index in [1.165, 1.54) is 65.0 Å². The number of aromatic nitrogens is 6. The lowest BCUT2D eigenvalue weighted by Crippen LogP contribution is -2.62. The number of halogens is 4. The van der Waals surface area contributed by atoms with Crippen molar-refractivity contribution < 1.29 is 70.3 Å². The highest BCUT2D eigenvalue weighted by Crippen LogP contribution is 2.46. The quantitative estimate of drug-likeness (QED) is 0.0432. The summed E-state index contributed by atoms with van der Waals surface area (Å²) in [5, 5.41) is 23.7. The van der Waals surface area contributed by atoms with E-state index >= 15 is 17.6 Å². The van der Waals surface area contributed by atoms with Crippen molar-refractivity contribution in [3.8, 4) is 51.1 Å². The zero-order chi connectivity index (χ0) is 73.6. The minimum absolute atomic E-state index is 0.0235. The largest absolute Gasteiger partial charge is 0.484 e. The lowest BCUT2D eigenvalue weighted by atomic mass is 10.0. The van der Waals surface area contributed by atoms with Gasteiger partial charge >= 0.3 is 29.0 Å². The summed E-state index contributed by atoms with van der Waals surface area (Å²) >= 11 is 0. The van der Waals surface area contributed by atoms with E-state index in [2.05, 4.69) is 15.0 Å². The Hall–Kier alpha value is -10.0. The summed E-state index contributed by atoms with van der Waals surface area (Å²) in [4.78, 5) is 92.7. The molecule has 0 radical (unpaired) electrons. The molecule has 2 fully saturated rings. The topological polar surface area (TPSA) is 271 Å². The fraction of sp³-hybridized carbons (Fsp3) is 0.444. The summed E-state index contributed by atoms with van der Waals surface area (Å²) < 4.78 is 105. The van der Waals surface area contributed by atoms with E-state index in [-0.39, 0.29) is 131 Å². The summed E-state index contributed by atoms with van der Waals surface area (Å²) in [6.45, 7) is 24.6. The third-order valence-corrected chi connectivity index (χ3v) is 17.4. The molecule has 0 saturated carbocycles. The summed E-state index contributed by atoms with van der Waals surface area (Å²) in [6, 6.07) is 11.3. The van der Waals surface area contributed by atoms with Crippen LogP contribution < -0.4 is 35.1 Å². The van der Waals surface area contributed by atoms with Crippen LogP contribution in [0.3, 0.4) is 0 Å². The van der Waals surface area contributed by atoms with Crippen LogP contribution in [0.2, 0.25) is 0 Å². The van der Waals surface area contributed by atoms with Gasteiger partial charge in [0.15, 0.2) is 36.5 Å². The standard InChI is InChI=1S/C36H42F2N6O8.C36H41F2N5O6/c1-19(2)28-30(20(3)12-13-39-28)43-33-23(14-25(38)29(40-33)27-24(37)10-9-11-26(27)51-18-50-8)31(32(34(43)46)44(48)49)42-15-21(4)41(16-22(42)17-45)35(47)52-36(5,6)7;1-19(2)28-30(20(3)12-13-39-28)43-33-23(14-25(38)29(40-33)27-24(37)10-9-11-26(27)48-18-46-8)31-32(34(43)44)47-17-22-16-41(21(4)15-42(22)31)35(45)49-36(5,6)7/h9-14,19,21-22,45H,15-18H2,1-8H3;9-14,19,21-22H,15-18H2,1-8H3/t2*21-,22-/m11/s1. The monoisotopic (exact) mass is 1400 g/mol. The van der Waals surface area contributed by atoms with E-state index < -0.39 is 92.8 Å². The van der Waals surface area contributed by atoms with Crippen LogP contribution in [0.25, 0.3) is 56.0 Å². The minimum atomic E-state index is -1.11. The maximum Gasteiger partial charge on any atom is 0.410 e. The second-order valence-corrected chi connectivity index (χ2v) is 27.7. The molecule has 2 aromatic carbocycles. The van der Waals surface area contributed by atoms with Crippen molar-refractivity contribution in [3.05, 3.63) is 150 Å². The number of aliphatic hydroxyl groups is 1. The van der Waals surface area contributed by atoms with E-state index in [0.717, 1.165) is 22.3 Å². The molecular formula is C72H83F4N11O14. The van der Waals surface area contributed by atoms with Crippen LogP contribution in [0.5, 0.6) is 17.2 Å². The van der Waals surface area contributed by atoms with Gasteiger partial charge in [0.25, 0.3) is 0 Å². The smallest absolute Gasteiger partial charge is 0.410 e. The van der Waals surface area contributed by atoms with Crippen LogP contribution in [0, 0.1) is 47.2 Å². The average Bonchev–Trinajstić information content (AvgIpc) is 0.722. The second-order valence-electron chi connectivity index (χ2n) is 27.7. The Morgan fingerprint density at radius 3 is 1.52 bits per heavy atom. The first-order chi connectivity index (χ1) is 47.7. The van der Waals surface area contributed by atoms with E-state index in [1.807, 2.05) is 46.4 Å². The van der Waals surface area contributed by atoms with E-state index in [0.29, 0.717) is 34.9 Å². The maximum absolute atomic E-state index is 16.5. The molecule has 11 rings (SSSR count). The zero-order valence-electron chi connectivity index (χ0n) is 59.2. The van der Waals surface area contributed by atoms with Crippen molar-refractivity contribution in [2.24, 2.45) is 0 Å². The van der Waals surface area contributed by atoms with Gasteiger partial charge in [-0.15, -0.1) is 0 Å². The zero-order valence-corrected chi connectivity index (χ0v) is 59.2. The Morgan fingerprint density at radius 2 is 1.09 bits per heavy atom. The van der Waals surface area contributed by atoms with Crippen molar-refractivity contribution in [1.82, 2.24) is 38.9 Å². The van der Waals surface area contributed by atoms with Crippen LogP contribution in [0.1, 0.15) is 117 Å². The van der Waals surface area contributed by atoms with Gasteiger partial charge in [0, 0.05) is 70.3 Å². The van der Waals surface area contributed by atoms with Gasteiger partial charge in [-0.05, 0) is 141 Å². The van der Waals surface area contributed by atoms with Gasteiger partial charge in [-0.1, -0.05) is 39.8 Å². The number of amides is 2. The Kier molecular flexibility index (Phi) is 21.4. The van der Waals surface area contributed by atoms with Gasteiger partial charge in [-0.3, -0.25) is 38.8 Å². The Labute approximate surface area is 580 Å². The lowest BCUT2D eigenvalue weighted by Gasteiger charge is -2.48. The molecule has 4 atom stereocenters. The van der Waals surface area contributed by atoms with E-state index in [1.54, 1.807) is 84.8 Å². The number of benzene rings is 2. The molecule has 25 nitrogen and oxygen atoms in total. The molecule has 0 bridgehead atoms. The lowest BCUT2D eigenvalue weighted by molar-refractivity contribution is -0.385. The van der Waals surface area contributed by atoms with Gasteiger partial charge in [0.2, 0.25) is 5.75 Å². The molecule has 29 heteroatoms. The van der Waals surface area contributed by atoms with Gasteiger partial charge in [0.1, 0.15) is 58.0 Å². The van der Waals surface area contributed by atoms with Crippen LogP contribution in [-0.2, 0) is 18.9 Å². The fourth-order valence-corrected chi connectivity index (χ4v) is 12.9. The maximum atomic E-state index is 16.5. The number of fused-ring (bicyclic) bond motifs is 6. The number of anilines is 2. The van der Waals surface area contributed by atoms with Gasteiger partial charge in [-0.25, -0.2) is 37.1 Å². The third-order valence-electron chi connectivity index (χ3n) is 17.4. The first kappa shape index (κ1) is 73.7. The van der Waals surface area contributed by atoms with Crippen LogP contribution in [0.15, 0.2) is 82.6 Å². The number of carbonyl (C=O) groups is 2. The molecule has 2 amide bonds. The number of ether oxygens (including phenoxy) is 7. The van der Waals surface area contributed by atoms with E-state index in [4.69, 9.17) is 38.1 Å². The molecule has 3 aliphatic heterocycles. The number of rotatable bonds is 15. The van der Waals surface area contributed by atoms with Crippen LogP contribution in [0.4, 0.5) is 44.2 Å². The molecule has 8 aromatic rings.